The van der Waals surface area contributed by atoms with E-state index in [0.717, 1.165) is 0 Å². The van der Waals surface area contributed by atoms with Gasteiger partial charge < -0.3 is 14.2 Å². The Kier molecular flexibility index (Phi) is 6.93. The van der Waals surface area contributed by atoms with Crippen molar-refractivity contribution >= 4 is 12.1 Å². The average molecular weight is 445 g/mol. The van der Waals surface area contributed by atoms with Crippen molar-refractivity contribution in [1.82, 2.24) is 10.4 Å². The zero-order valence-corrected chi connectivity index (χ0v) is 17.0. The number of hydrazone groups is 1. The highest BCUT2D eigenvalue weighted by Crippen LogP contribution is 2.26. The minimum absolute atomic E-state index is 0.269. The third-order valence-corrected chi connectivity index (χ3v) is 4.16. The lowest BCUT2D eigenvalue weighted by Gasteiger charge is -2.09. The number of hydrogen-bond donors (Lipinski definition) is 1. The minimum atomic E-state index is -4.77. The number of alkyl halides is 3. The van der Waals surface area contributed by atoms with Crippen molar-refractivity contribution in [2.24, 2.45) is 5.10 Å². The van der Waals surface area contributed by atoms with Crippen LogP contribution in [0.1, 0.15) is 15.9 Å². The van der Waals surface area contributed by atoms with Gasteiger partial charge in [-0.2, -0.15) is 5.10 Å². The summed E-state index contributed by atoms with van der Waals surface area (Å²) in [7, 11) is 3.05. The Bertz CT molecular complexity index is 1090. The topological polar surface area (TPSA) is 82.0 Å². The number of ether oxygens (including phenoxy) is 3. The summed E-state index contributed by atoms with van der Waals surface area (Å²) < 4.78 is 51.1. The van der Waals surface area contributed by atoms with Crippen molar-refractivity contribution in [2.75, 3.05) is 14.2 Å². The van der Waals surface area contributed by atoms with Crippen molar-refractivity contribution in [2.45, 2.75) is 6.36 Å². The molecule has 0 spiro atoms. The summed E-state index contributed by atoms with van der Waals surface area (Å²) >= 11 is 0. The lowest BCUT2D eigenvalue weighted by Crippen LogP contribution is -2.17. The van der Waals surface area contributed by atoms with E-state index in [2.05, 4.69) is 20.2 Å². The first-order valence-electron chi connectivity index (χ1n) is 9.16. The Hall–Kier alpha value is -4.08. The molecule has 1 aromatic heterocycles. The lowest BCUT2D eigenvalue weighted by atomic mass is 10.1. The molecule has 32 heavy (non-hydrogen) atoms. The number of benzene rings is 2. The van der Waals surface area contributed by atoms with Crippen LogP contribution in [-0.4, -0.2) is 37.7 Å². The van der Waals surface area contributed by atoms with E-state index in [1.165, 1.54) is 63.0 Å². The maximum absolute atomic E-state index is 12.4. The van der Waals surface area contributed by atoms with Crippen LogP contribution in [0, 0.1) is 0 Å². The molecule has 0 aliphatic rings. The lowest BCUT2D eigenvalue weighted by molar-refractivity contribution is -0.274. The van der Waals surface area contributed by atoms with Gasteiger partial charge in [-0.05, 0) is 48.5 Å². The Morgan fingerprint density at radius 2 is 1.62 bits per heavy atom. The molecule has 0 saturated carbocycles. The highest BCUT2D eigenvalue weighted by Gasteiger charge is 2.31. The maximum atomic E-state index is 12.4. The van der Waals surface area contributed by atoms with Crippen LogP contribution in [0.2, 0.25) is 0 Å². The molecule has 1 N–H and O–H groups in total. The number of nitrogens with zero attached hydrogens (tertiary/aromatic N) is 2. The summed E-state index contributed by atoms with van der Waals surface area (Å²) in [6.07, 6.45) is -1.92. The Balaban J connectivity index is 1.70. The fourth-order valence-electron chi connectivity index (χ4n) is 2.69. The molecule has 3 rings (SSSR count). The number of hydrogen-bond acceptors (Lipinski definition) is 6. The predicted octanol–water partition coefficient (Wildman–Crippen LogP) is 4.43. The summed E-state index contributed by atoms with van der Waals surface area (Å²) in [6.45, 7) is 0. The molecule has 0 aliphatic heterocycles. The molecular weight excluding hydrogens is 427 g/mol. The number of methoxy groups -OCH3 is 2. The normalized spacial score (nSPS) is 11.3. The molecule has 3 aromatic rings. The largest absolute Gasteiger partial charge is 0.573 e. The molecule has 2 aromatic carbocycles. The van der Waals surface area contributed by atoms with E-state index in [9.17, 15) is 18.0 Å². The van der Waals surface area contributed by atoms with Crippen molar-refractivity contribution in [1.29, 1.82) is 0 Å². The molecule has 0 aliphatic carbocycles. The SMILES string of the molecule is COc1cc(C=NNC(=O)c2ccnc(-c3ccc(OC(F)(F)F)cc3)c2)cc(OC)c1. The van der Waals surface area contributed by atoms with Crippen LogP contribution in [0.15, 0.2) is 65.9 Å². The van der Waals surface area contributed by atoms with Crippen LogP contribution in [0.4, 0.5) is 13.2 Å². The second kappa shape index (κ2) is 9.82. The van der Waals surface area contributed by atoms with Gasteiger partial charge in [0.05, 0.1) is 26.1 Å². The van der Waals surface area contributed by atoms with E-state index in [-0.39, 0.29) is 11.3 Å². The van der Waals surface area contributed by atoms with Gasteiger partial charge in [-0.3, -0.25) is 9.78 Å². The zero-order valence-electron chi connectivity index (χ0n) is 17.0. The smallest absolute Gasteiger partial charge is 0.497 e. The Morgan fingerprint density at radius 1 is 0.969 bits per heavy atom. The van der Waals surface area contributed by atoms with Crippen LogP contribution < -0.4 is 19.6 Å². The van der Waals surface area contributed by atoms with Crippen LogP contribution in [0.3, 0.4) is 0 Å². The van der Waals surface area contributed by atoms with Crippen molar-refractivity contribution in [3.05, 3.63) is 71.9 Å². The van der Waals surface area contributed by atoms with Gasteiger partial charge in [0.1, 0.15) is 17.2 Å². The van der Waals surface area contributed by atoms with E-state index in [0.29, 0.717) is 28.3 Å². The summed E-state index contributed by atoms with van der Waals surface area (Å²) in [6, 6.07) is 13.3. The fraction of sp³-hybridized carbons (Fsp3) is 0.136. The first kappa shape index (κ1) is 22.6. The van der Waals surface area contributed by atoms with Crippen molar-refractivity contribution in [3.8, 4) is 28.5 Å². The molecule has 0 radical (unpaired) electrons. The second-order valence-corrected chi connectivity index (χ2v) is 6.35. The maximum Gasteiger partial charge on any atom is 0.573 e. The first-order chi connectivity index (χ1) is 15.3. The van der Waals surface area contributed by atoms with E-state index in [4.69, 9.17) is 9.47 Å². The number of pyridine rings is 1. The van der Waals surface area contributed by atoms with Crippen LogP contribution in [0.25, 0.3) is 11.3 Å². The van der Waals surface area contributed by atoms with Crippen LogP contribution in [0.5, 0.6) is 17.2 Å². The van der Waals surface area contributed by atoms with Gasteiger partial charge in [0, 0.05) is 29.0 Å². The van der Waals surface area contributed by atoms with Gasteiger partial charge in [-0.25, -0.2) is 5.43 Å². The highest BCUT2D eigenvalue weighted by atomic mass is 19.4. The summed E-state index contributed by atoms with van der Waals surface area (Å²) in [5.41, 5.74) is 4.25. The standard InChI is InChI=1S/C22H18F3N3O4/c1-30-18-9-14(10-19(12-18)31-2)13-27-28-21(29)16-7-8-26-20(11-16)15-3-5-17(6-4-15)32-22(23,24)25/h3-13H,1-2H3,(H,28,29). The Labute approximate surface area is 181 Å². The van der Waals surface area contributed by atoms with E-state index in [1.807, 2.05) is 0 Å². The molecule has 0 saturated heterocycles. The minimum Gasteiger partial charge on any atom is -0.497 e. The number of carbonyl (C=O) groups is 1. The summed E-state index contributed by atoms with van der Waals surface area (Å²) in [4.78, 5) is 16.6. The molecule has 0 atom stereocenters. The fourth-order valence-corrected chi connectivity index (χ4v) is 2.69. The number of amides is 1. The van der Waals surface area contributed by atoms with Gasteiger partial charge >= 0.3 is 6.36 Å². The molecular formula is C22H18F3N3O4. The third-order valence-electron chi connectivity index (χ3n) is 4.16. The number of rotatable bonds is 7. The molecule has 0 fully saturated rings. The average Bonchev–Trinajstić information content (AvgIpc) is 2.78. The quantitative estimate of drug-likeness (QED) is 0.430. The molecule has 7 nitrogen and oxygen atoms in total. The van der Waals surface area contributed by atoms with Gasteiger partial charge in [0.15, 0.2) is 0 Å². The highest BCUT2D eigenvalue weighted by molar-refractivity contribution is 5.95. The van der Waals surface area contributed by atoms with E-state index >= 15 is 0 Å². The number of nitrogens with one attached hydrogen (secondary N) is 1. The van der Waals surface area contributed by atoms with Crippen molar-refractivity contribution in [3.63, 3.8) is 0 Å². The number of carbonyl (C=O) groups excluding carboxylic acids is 1. The molecule has 1 heterocycles. The molecule has 166 valence electrons. The summed E-state index contributed by atoms with van der Waals surface area (Å²) in [5.74, 6) is 0.306. The summed E-state index contributed by atoms with van der Waals surface area (Å²) in [5, 5.41) is 3.94. The van der Waals surface area contributed by atoms with E-state index in [1.54, 1.807) is 18.2 Å². The van der Waals surface area contributed by atoms with Crippen molar-refractivity contribution < 1.29 is 32.2 Å². The van der Waals surface area contributed by atoms with E-state index < -0.39 is 12.3 Å². The van der Waals surface area contributed by atoms with Gasteiger partial charge in [0.2, 0.25) is 0 Å². The second-order valence-electron chi connectivity index (χ2n) is 6.35. The third kappa shape index (κ3) is 6.21. The number of aromatic nitrogens is 1. The van der Waals surface area contributed by atoms with Gasteiger partial charge in [0.25, 0.3) is 5.91 Å². The molecule has 0 unspecified atom stereocenters. The predicted molar refractivity (Wildman–Crippen MR) is 111 cm³/mol. The Morgan fingerprint density at radius 3 is 2.22 bits per heavy atom. The van der Waals surface area contributed by atoms with Gasteiger partial charge in [-0.1, -0.05) is 0 Å². The number of halogens is 3. The molecule has 10 heteroatoms. The first-order valence-corrected chi connectivity index (χ1v) is 9.16. The van der Waals surface area contributed by atoms with Gasteiger partial charge in [-0.15, -0.1) is 13.2 Å². The van der Waals surface area contributed by atoms with Crippen LogP contribution >= 0.6 is 0 Å². The molecule has 1 amide bonds. The van der Waals surface area contributed by atoms with Crippen LogP contribution in [-0.2, 0) is 0 Å². The monoisotopic (exact) mass is 445 g/mol. The molecule has 0 bridgehead atoms. The zero-order chi connectivity index (χ0) is 23.1.